The SMILES string of the molecule is COc1ccc(C(O[C@]2(F)[C@H](O)[C@@H](CO)O[C@]2(n2ccc(N)nc2=O)C(c2ccccc2)(c2ccccc2)c2ccc(OC)cc2)(c2ccccc2)c2ccccc2)cc1. The molecule has 11 heteroatoms. The van der Waals surface area contributed by atoms with Crippen LogP contribution in [0, 0.1) is 0 Å². The van der Waals surface area contributed by atoms with E-state index in [1.54, 1.807) is 153 Å². The Bertz CT molecular complexity index is 2500. The van der Waals surface area contributed by atoms with Crippen molar-refractivity contribution in [2.75, 3.05) is 26.6 Å². The number of alkyl halides is 1. The summed E-state index contributed by atoms with van der Waals surface area (Å²) in [5.41, 5.74) is 1.17. The van der Waals surface area contributed by atoms with E-state index in [2.05, 4.69) is 4.98 Å². The Morgan fingerprint density at radius 1 is 0.667 bits per heavy atom. The molecule has 6 aromatic carbocycles. The Labute approximate surface area is 346 Å². The van der Waals surface area contributed by atoms with Crippen LogP contribution in [0.1, 0.15) is 33.4 Å². The Morgan fingerprint density at radius 2 is 1.07 bits per heavy atom. The number of aromatic nitrogens is 2. The van der Waals surface area contributed by atoms with Crippen LogP contribution in [0.15, 0.2) is 187 Å². The van der Waals surface area contributed by atoms with Gasteiger partial charge in [-0.1, -0.05) is 146 Å². The van der Waals surface area contributed by atoms with Gasteiger partial charge in [0, 0.05) is 6.20 Å². The van der Waals surface area contributed by atoms with E-state index in [1.807, 2.05) is 24.3 Å². The molecule has 1 fully saturated rings. The molecule has 60 heavy (non-hydrogen) atoms. The van der Waals surface area contributed by atoms with Crippen LogP contribution >= 0.6 is 0 Å². The van der Waals surface area contributed by atoms with Gasteiger partial charge in [-0.05, 0) is 63.7 Å². The van der Waals surface area contributed by atoms with Crippen molar-refractivity contribution in [2.45, 2.75) is 34.8 Å². The molecule has 1 aromatic heterocycles. The molecule has 4 atom stereocenters. The van der Waals surface area contributed by atoms with Gasteiger partial charge in [0.15, 0.2) is 0 Å². The number of nitrogen functional groups attached to an aromatic ring is 1. The number of nitrogens with zero attached hydrogens (tertiary/aromatic N) is 2. The highest BCUT2D eigenvalue weighted by Crippen LogP contribution is 2.64. The second-order valence-electron chi connectivity index (χ2n) is 14.5. The Balaban J connectivity index is 1.60. The van der Waals surface area contributed by atoms with Crippen LogP contribution in [0.4, 0.5) is 10.2 Å². The van der Waals surface area contributed by atoms with Gasteiger partial charge < -0.3 is 34.9 Å². The summed E-state index contributed by atoms with van der Waals surface area (Å²) >= 11 is 0. The fourth-order valence-electron chi connectivity index (χ4n) is 8.85. The topological polar surface area (TPSA) is 138 Å². The number of hydrogen-bond acceptors (Lipinski definition) is 9. The smallest absolute Gasteiger partial charge is 0.352 e. The average Bonchev–Trinajstić information content (AvgIpc) is 3.52. The number of hydrogen-bond donors (Lipinski definition) is 3. The first-order valence-corrected chi connectivity index (χ1v) is 19.4. The summed E-state index contributed by atoms with van der Waals surface area (Å²) in [6.45, 7) is -0.871. The lowest BCUT2D eigenvalue weighted by Gasteiger charge is -2.55. The fraction of sp³-hybridized carbons (Fsp3) is 0.184. The monoisotopic (exact) mass is 805 g/mol. The predicted octanol–water partition coefficient (Wildman–Crippen LogP) is 6.96. The van der Waals surface area contributed by atoms with E-state index in [9.17, 15) is 15.0 Å². The molecule has 7 aromatic rings. The summed E-state index contributed by atoms with van der Waals surface area (Å²) in [6, 6.07) is 51.4. The highest BCUT2D eigenvalue weighted by Gasteiger charge is 2.80. The average molecular weight is 806 g/mol. The maximum atomic E-state index is 20.8. The van der Waals surface area contributed by atoms with Crippen LogP contribution < -0.4 is 20.9 Å². The molecule has 2 heterocycles. The quantitative estimate of drug-likeness (QED) is 0.106. The van der Waals surface area contributed by atoms with Crippen LogP contribution in [-0.2, 0) is 26.2 Å². The maximum Gasteiger partial charge on any atom is 0.352 e. The first kappa shape index (κ1) is 40.2. The number of nitrogens with two attached hydrogens (primary N) is 1. The van der Waals surface area contributed by atoms with Crippen molar-refractivity contribution in [1.82, 2.24) is 9.55 Å². The predicted molar refractivity (Wildman–Crippen MR) is 225 cm³/mol. The number of anilines is 1. The van der Waals surface area contributed by atoms with Gasteiger partial charge in [-0.3, -0.25) is 4.57 Å². The molecule has 1 saturated heterocycles. The van der Waals surface area contributed by atoms with Gasteiger partial charge in [-0.2, -0.15) is 4.98 Å². The summed E-state index contributed by atoms with van der Waals surface area (Å²) in [6.07, 6.45) is -2.65. The molecule has 0 unspecified atom stereocenters. The van der Waals surface area contributed by atoms with Gasteiger partial charge in [-0.15, -0.1) is 0 Å². The second-order valence-corrected chi connectivity index (χ2v) is 14.5. The van der Waals surface area contributed by atoms with Crippen LogP contribution in [-0.4, -0.2) is 58.7 Å². The van der Waals surface area contributed by atoms with Crippen molar-refractivity contribution >= 4 is 5.82 Å². The van der Waals surface area contributed by atoms with E-state index in [1.165, 1.54) is 19.4 Å². The number of benzene rings is 6. The third kappa shape index (κ3) is 6.17. The van der Waals surface area contributed by atoms with Crippen LogP contribution in [0.5, 0.6) is 11.5 Å². The molecule has 0 amide bonds. The molecular formula is C49H44FN3O7. The summed E-state index contributed by atoms with van der Waals surface area (Å²) in [5, 5.41) is 24.0. The van der Waals surface area contributed by atoms with Gasteiger partial charge in [-0.25, -0.2) is 9.18 Å². The van der Waals surface area contributed by atoms with E-state index >= 15 is 4.39 Å². The van der Waals surface area contributed by atoms with E-state index in [4.69, 9.17) is 24.7 Å². The molecule has 0 aliphatic carbocycles. The molecule has 0 bridgehead atoms. The highest BCUT2D eigenvalue weighted by molar-refractivity contribution is 5.57. The first-order chi connectivity index (χ1) is 29.2. The zero-order valence-electron chi connectivity index (χ0n) is 33.0. The summed E-state index contributed by atoms with van der Waals surface area (Å²) in [7, 11) is 3.08. The molecule has 4 N–H and O–H groups in total. The lowest BCUT2D eigenvalue weighted by molar-refractivity contribution is -0.327. The molecule has 0 spiro atoms. The van der Waals surface area contributed by atoms with Crippen LogP contribution in [0.2, 0.25) is 0 Å². The number of rotatable bonds is 13. The Hall–Kier alpha value is -6.63. The number of methoxy groups -OCH3 is 2. The van der Waals surface area contributed by atoms with E-state index in [0.717, 1.165) is 4.57 Å². The van der Waals surface area contributed by atoms with Crippen molar-refractivity contribution in [3.8, 4) is 11.5 Å². The number of aliphatic hydroxyl groups excluding tert-OH is 2. The van der Waals surface area contributed by atoms with Crippen molar-refractivity contribution in [3.05, 3.63) is 226 Å². The van der Waals surface area contributed by atoms with Gasteiger partial charge in [0.05, 0.1) is 26.2 Å². The summed E-state index contributed by atoms with van der Waals surface area (Å²) in [4.78, 5) is 18.9. The maximum absolute atomic E-state index is 20.8. The van der Waals surface area contributed by atoms with Gasteiger partial charge in [0.1, 0.15) is 35.1 Å². The van der Waals surface area contributed by atoms with E-state index in [0.29, 0.717) is 44.9 Å². The van der Waals surface area contributed by atoms with Crippen molar-refractivity contribution in [2.24, 2.45) is 0 Å². The molecule has 0 radical (unpaired) electrons. The summed E-state index contributed by atoms with van der Waals surface area (Å²) in [5.74, 6) is -2.60. The Morgan fingerprint density at radius 3 is 1.48 bits per heavy atom. The fourth-order valence-corrected chi connectivity index (χ4v) is 8.85. The minimum absolute atomic E-state index is 0.135. The van der Waals surface area contributed by atoms with Gasteiger partial charge >= 0.3 is 5.69 Å². The van der Waals surface area contributed by atoms with Crippen molar-refractivity contribution in [1.29, 1.82) is 0 Å². The van der Waals surface area contributed by atoms with Crippen molar-refractivity contribution in [3.63, 3.8) is 0 Å². The molecule has 0 saturated carbocycles. The minimum atomic E-state index is -3.50. The third-order valence-corrected chi connectivity index (χ3v) is 11.5. The number of ether oxygens (including phenoxy) is 4. The first-order valence-electron chi connectivity index (χ1n) is 19.4. The molecular weight excluding hydrogens is 762 g/mol. The molecule has 1 aliphatic heterocycles. The van der Waals surface area contributed by atoms with E-state index < -0.39 is 47.1 Å². The zero-order chi connectivity index (χ0) is 42.0. The van der Waals surface area contributed by atoms with Crippen LogP contribution in [0.3, 0.4) is 0 Å². The highest BCUT2D eigenvalue weighted by atomic mass is 19.2. The van der Waals surface area contributed by atoms with Crippen molar-refractivity contribution < 1.29 is 33.6 Å². The molecule has 10 nitrogen and oxygen atoms in total. The minimum Gasteiger partial charge on any atom is -0.497 e. The summed E-state index contributed by atoms with van der Waals surface area (Å²) < 4.78 is 47.4. The lowest BCUT2D eigenvalue weighted by atomic mass is 9.60. The number of aliphatic hydroxyl groups is 2. The number of halogens is 1. The van der Waals surface area contributed by atoms with Crippen LogP contribution in [0.25, 0.3) is 0 Å². The van der Waals surface area contributed by atoms with Gasteiger partial charge in [0.25, 0.3) is 5.85 Å². The second kappa shape index (κ2) is 16.2. The standard InChI is InChI=1S/C49H44FN3O7/c1-57-40-27-23-36(24-28-40)46(34-15-7-3-8-16-34,35-17-9-4-10-18-35)49(53-32-31-43(51)52-45(53)56)48(50,44(55)42(33-54)59-49)60-47(37-19-11-5-12-20-37,38-21-13-6-14-22-38)39-25-29-41(58-2)30-26-39/h3-32,42,44,54-55H,33H2,1-2H3,(H2,51,52,56)/t42-,44-,48-,49-/m1/s1. The largest absolute Gasteiger partial charge is 0.497 e. The normalized spacial score (nSPS) is 20.4. The third-order valence-electron chi connectivity index (χ3n) is 11.5. The van der Waals surface area contributed by atoms with E-state index in [-0.39, 0.29) is 5.82 Å². The lowest BCUT2D eigenvalue weighted by Crippen LogP contribution is -2.70. The molecule has 8 rings (SSSR count). The molecule has 304 valence electrons. The Kier molecular flexibility index (Phi) is 10.8. The van der Waals surface area contributed by atoms with Gasteiger partial charge in [0.2, 0.25) is 5.72 Å². The molecule has 1 aliphatic rings. The zero-order valence-corrected chi connectivity index (χ0v) is 33.0.